The highest BCUT2D eigenvalue weighted by molar-refractivity contribution is 5.49. The highest BCUT2D eigenvalue weighted by Crippen LogP contribution is 2.29. The molecule has 0 amide bonds. The van der Waals surface area contributed by atoms with E-state index in [0.717, 1.165) is 25.1 Å². The maximum Gasteiger partial charge on any atom is 0.149 e. The maximum absolute atomic E-state index is 13.8. The molecule has 0 saturated carbocycles. The molecule has 0 spiro atoms. The number of anilines is 1. The largest absolute Gasteiger partial charge is 0.373 e. The number of hydrogen-bond donors (Lipinski definition) is 2. The van der Waals surface area contributed by atoms with Gasteiger partial charge in [-0.2, -0.15) is 0 Å². The van der Waals surface area contributed by atoms with E-state index in [0.29, 0.717) is 0 Å². The van der Waals surface area contributed by atoms with Crippen molar-refractivity contribution in [1.82, 2.24) is 5.32 Å². The summed E-state index contributed by atoms with van der Waals surface area (Å²) in [5, 5.41) is 6.34. The summed E-state index contributed by atoms with van der Waals surface area (Å²) in [6.45, 7) is 1.59. The van der Waals surface area contributed by atoms with Crippen LogP contribution in [-0.4, -0.2) is 6.54 Å². The number of halogens is 2. The Balaban J connectivity index is 1.94. The summed E-state index contributed by atoms with van der Waals surface area (Å²) < 4.78 is 27.5. The predicted molar refractivity (Wildman–Crippen MR) is 75.5 cm³/mol. The molecule has 2 aromatic carbocycles. The molecular formula is C16H16F2N2. The minimum atomic E-state index is -0.556. The molecule has 0 aliphatic carbocycles. The van der Waals surface area contributed by atoms with Crippen LogP contribution in [-0.2, 0) is 6.54 Å². The van der Waals surface area contributed by atoms with E-state index in [-0.39, 0.29) is 11.7 Å². The summed E-state index contributed by atoms with van der Waals surface area (Å²) >= 11 is 0. The molecule has 1 atom stereocenters. The lowest BCUT2D eigenvalue weighted by atomic mass is 9.99. The van der Waals surface area contributed by atoms with Gasteiger partial charge in [0, 0.05) is 6.54 Å². The van der Waals surface area contributed by atoms with Crippen molar-refractivity contribution >= 4 is 5.69 Å². The van der Waals surface area contributed by atoms with Crippen LogP contribution >= 0.6 is 0 Å². The van der Waals surface area contributed by atoms with Crippen LogP contribution in [0.4, 0.5) is 14.5 Å². The fourth-order valence-corrected chi connectivity index (χ4v) is 2.62. The van der Waals surface area contributed by atoms with E-state index in [9.17, 15) is 8.78 Å². The van der Waals surface area contributed by atoms with E-state index in [2.05, 4.69) is 10.6 Å². The lowest BCUT2D eigenvalue weighted by molar-refractivity contribution is 0.575. The first-order valence-electron chi connectivity index (χ1n) is 6.75. The van der Waals surface area contributed by atoms with Gasteiger partial charge in [-0.3, -0.25) is 0 Å². The highest BCUT2D eigenvalue weighted by Gasteiger charge is 2.20. The second-order valence-electron chi connectivity index (χ2n) is 4.96. The summed E-state index contributed by atoms with van der Waals surface area (Å²) in [7, 11) is 0. The maximum atomic E-state index is 13.8. The first-order chi connectivity index (χ1) is 9.75. The van der Waals surface area contributed by atoms with E-state index in [1.54, 1.807) is 0 Å². The first-order valence-corrected chi connectivity index (χ1v) is 6.75. The van der Waals surface area contributed by atoms with Crippen LogP contribution in [0.5, 0.6) is 0 Å². The van der Waals surface area contributed by atoms with Gasteiger partial charge in [0.15, 0.2) is 0 Å². The van der Waals surface area contributed by atoms with Gasteiger partial charge in [0.05, 0.1) is 6.04 Å². The quantitative estimate of drug-likeness (QED) is 0.874. The van der Waals surface area contributed by atoms with Gasteiger partial charge in [-0.05, 0) is 36.2 Å². The first kappa shape index (κ1) is 13.1. The Kier molecular flexibility index (Phi) is 3.65. The smallest absolute Gasteiger partial charge is 0.149 e. The topological polar surface area (TPSA) is 24.1 Å². The van der Waals surface area contributed by atoms with E-state index >= 15 is 0 Å². The van der Waals surface area contributed by atoms with Gasteiger partial charge < -0.3 is 10.6 Å². The molecule has 2 N–H and O–H groups in total. The highest BCUT2D eigenvalue weighted by atomic mass is 19.1. The summed E-state index contributed by atoms with van der Waals surface area (Å²) in [5.74, 6) is -1.11. The van der Waals surface area contributed by atoms with E-state index in [1.807, 2.05) is 24.3 Å². The molecule has 4 heteroatoms. The molecule has 3 rings (SSSR count). The van der Waals surface area contributed by atoms with Crippen LogP contribution in [0.3, 0.4) is 0 Å². The van der Waals surface area contributed by atoms with Crippen LogP contribution in [0, 0.1) is 11.6 Å². The molecule has 1 aliphatic rings. The molecule has 0 aromatic heterocycles. The van der Waals surface area contributed by atoms with Crippen LogP contribution in [0.1, 0.15) is 23.6 Å². The standard InChI is InChI=1S/C16H16F2N2/c17-13-6-3-7-14(18)16(13)20-15-8-9-19-10-11-4-1-2-5-12(11)15/h1-7,15,19-20H,8-10H2. The van der Waals surface area contributed by atoms with Crippen LogP contribution in [0.2, 0.25) is 0 Å². The van der Waals surface area contributed by atoms with Gasteiger partial charge in [-0.25, -0.2) is 8.78 Å². The lowest BCUT2D eigenvalue weighted by Crippen LogP contribution is -2.16. The Bertz CT molecular complexity index is 593. The average Bonchev–Trinajstić information content (AvgIpc) is 2.66. The Morgan fingerprint density at radius 1 is 1.00 bits per heavy atom. The van der Waals surface area contributed by atoms with Crippen LogP contribution in [0.15, 0.2) is 42.5 Å². The van der Waals surface area contributed by atoms with E-state index in [4.69, 9.17) is 0 Å². The molecule has 20 heavy (non-hydrogen) atoms. The third kappa shape index (κ3) is 2.51. The number of benzene rings is 2. The second-order valence-corrected chi connectivity index (χ2v) is 4.96. The Morgan fingerprint density at radius 3 is 2.55 bits per heavy atom. The van der Waals surface area contributed by atoms with Crippen molar-refractivity contribution in [2.75, 3.05) is 11.9 Å². The molecule has 1 aliphatic heterocycles. The van der Waals surface area contributed by atoms with Gasteiger partial charge in [-0.1, -0.05) is 30.3 Å². The summed E-state index contributed by atoms with van der Waals surface area (Å²) in [5.41, 5.74) is 2.22. The number of nitrogens with one attached hydrogen (secondary N) is 2. The number of para-hydroxylation sites is 1. The van der Waals surface area contributed by atoms with Crippen LogP contribution < -0.4 is 10.6 Å². The molecule has 0 radical (unpaired) electrons. The van der Waals surface area contributed by atoms with Crippen molar-refractivity contribution < 1.29 is 8.78 Å². The van der Waals surface area contributed by atoms with Crippen molar-refractivity contribution in [3.05, 3.63) is 65.2 Å². The zero-order valence-electron chi connectivity index (χ0n) is 11.0. The van der Waals surface area contributed by atoms with Gasteiger partial charge in [0.2, 0.25) is 0 Å². The molecule has 2 aromatic rings. The number of hydrogen-bond acceptors (Lipinski definition) is 2. The minimum absolute atomic E-state index is 0.0470. The Hall–Kier alpha value is -1.94. The normalized spacial score (nSPS) is 18.2. The van der Waals surface area contributed by atoms with Gasteiger partial charge in [0.25, 0.3) is 0 Å². The molecule has 0 fully saturated rings. The third-order valence-corrected chi connectivity index (χ3v) is 3.64. The average molecular weight is 274 g/mol. The molecule has 1 unspecified atom stereocenters. The summed E-state index contributed by atoms with van der Waals surface area (Å²) in [6, 6.07) is 11.8. The minimum Gasteiger partial charge on any atom is -0.373 e. The van der Waals surface area contributed by atoms with Crippen molar-refractivity contribution in [3.63, 3.8) is 0 Å². The van der Waals surface area contributed by atoms with Crippen molar-refractivity contribution in [2.24, 2.45) is 0 Å². The van der Waals surface area contributed by atoms with Crippen molar-refractivity contribution in [3.8, 4) is 0 Å². The molecule has 0 saturated heterocycles. The fourth-order valence-electron chi connectivity index (χ4n) is 2.62. The fraction of sp³-hybridized carbons (Fsp3) is 0.250. The Morgan fingerprint density at radius 2 is 1.75 bits per heavy atom. The Labute approximate surface area is 116 Å². The zero-order valence-corrected chi connectivity index (χ0v) is 11.0. The second kappa shape index (κ2) is 5.59. The monoisotopic (exact) mass is 274 g/mol. The van der Waals surface area contributed by atoms with Gasteiger partial charge in [0.1, 0.15) is 17.3 Å². The number of rotatable bonds is 2. The summed E-state index contributed by atoms with van der Waals surface area (Å²) in [6.07, 6.45) is 0.783. The van der Waals surface area contributed by atoms with Gasteiger partial charge in [-0.15, -0.1) is 0 Å². The molecule has 2 nitrogen and oxygen atoms in total. The molecule has 0 bridgehead atoms. The lowest BCUT2D eigenvalue weighted by Gasteiger charge is -2.21. The van der Waals surface area contributed by atoms with E-state index in [1.165, 1.54) is 23.8 Å². The third-order valence-electron chi connectivity index (χ3n) is 3.64. The SMILES string of the molecule is Fc1cccc(F)c1NC1CCNCc2ccccc21. The number of fused-ring (bicyclic) bond motifs is 1. The van der Waals surface area contributed by atoms with Crippen LogP contribution in [0.25, 0.3) is 0 Å². The van der Waals surface area contributed by atoms with Crippen molar-refractivity contribution in [2.45, 2.75) is 19.0 Å². The van der Waals surface area contributed by atoms with Crippen molar-refractivity contribution in [1.29, 1.82) is 0 Å². The molecule has 104 valence electrons. The molecular weight excluding hydrogens is 258 g/mol. The predicted octanol–water partition coefficient (Wildman–Crippen LogP) is 3.61. The molecule has 1 heterocycles. The summed E-state index contributed by atoms with van der Waals surface area (Å²) in [4.78, 5) is 0. The van der Waals surface area contributed by atoms with E-state index < -0.39 is 11.6 Å². The zero-order chi connectivity index (χ0) is 13.9. The van der Waals surface area contributed by atoms with Gasteiger partial charge >= 0.3 is 0 Å².